The smallest absolute Gasteiger partial charge is 0.337 e. The second-order valence-corrected chi connectivity index (χ2v) is 3.87. The van der Waals surface area contributed by atoms with Crippen molar-refractivity contribution in [3.05, 3.63) is 35.4 Å². The third-order valence-electron chi connectivity index (χ3n) is 2.72. The zero-order chi connectivity index (χ0) is 12.5. The molecule has 0 saturated carbocycles. The largest absolute Gasteiger partial charge is 0.416 e. The number of halogens is 3. The van der Waals surface area contributed by atoms with Gasteiger partial charge in [-0.05, 0) is 11.6 Å². The highest BCUT2D eigenvalue weighted by molar-refractivity contribution is 5.75. The summed E-state index contributed by atoms with van der Waals surface area (Å²) in [6.07, 6.45) is -4.36. The van der Waals surface area contributed by atoms with Crippen LogP contribution in [0.3, 0.4) is 0 Å². The van der Waals surface area contributed by atoms with Gasteiger partial charge in [-0.15, -0.1) is 0 Å². The molecule has 1 fully saturated rings. The van der Waals surface area contributed by atoms with Crippen LogP contribution in [0, 0.1) is 0 Å². The van der Waals surface area contributed by atoms with Crippen LogP contribution in [0.5, 0.6) is 0 Å². The Kier molecular flexibility index (Phi) is 2.95. The average Bonchev–Trinajstić information content (AvgIpc) is 2.29. The summed E-state index contributed by atoms with van der Waals surface area (Å²) in [5.41, 5.74) is -0.421. The second kappa shape index (κ2) is 4.27. The Morgan fingerprint density at radius 1 is 1.12 bits per heavy atom. The zero-order valence-corrected chi connectivity index (χ0v) is 8.84. The molecule has 0 bridgehead atoms. The maximum absolute atomic E-state index is 12.8. The quantitative estimate of drug-likeness (QED) is 0.780. The molecular formula is C11H11F3N2O. The molecule has 1 saturated heterocycles. The highest BCUT2D eigenvalue weighted by atomic mass is 19.4. The molecule has 0 aliphatic carbocycles. The third-order valence-corrected chi connectivity index (χ3v) is 2.72. The molecule has 3 nitrogen and oxygen atoms in total. The van der Waals surface area contributed by atoms with E-state index in [0.29, 0.717) is 0 Å². The van der Waals surface area contributed by atoms with E-state index in [2.05, 4.69) is 10.6 Å². The number of carbonyl (C=O) groups is 1. The van der Waals surface area contributed by atoms with Crippen molar-refractivity contribution in [2.75, 3.05) is 13.1 Å². The molecule has 1 aliphatic rings. The number of rotatable bonds is 1. The van der Waals surface area contributed by atoms with Crippen LogP contribution in [0.2, 0.25) is 0 Å². The van der Waals surface area contributed by atoms with Crippen LogP contribution in [-0.4, -0.2) is 19.1 Å². The van der Waals surface area contributed by atoms with Gasteiger partial charge in [0.2, 0.25) is 0 Å². The number of alkyl halides is 3. The van der Waals surface area contributed by atoms with E-state index in [1.807, 2.05) is 0 Å². The number of nitrogens with one attached hydrogen (secondary N) is 2. The third kappa shape index (κ3) is 2.51. The molecule has 1 aromatic rings. The van der Waals surface area contributed by atoms with Crippen molar-refractivity contribution in [2.45, 2.75) is 12.1 Å². The van der Waals surface area contributed by atoms with Crippen molar-refractivity contribution in [1.82, 2.24) is 10.6 Å². The van der Waals surface area contributed by atoms with E-state index in [1.165, 1.54) is 12.1 Å². The number of benzene rings is 1. The molecule has 2 N–H and O–H groups in total. The molecule has 6 heteroatoms. The molecule has 1 aliphatic heterocycles. The lowest BCUT2D eigenvalue weighted by Gasteiger charge is -2.26. The second-order valence-electron chi connectivity index (χ2n) is 3.87. The molecule has 0 aromatic heterocycles. The van der Waals surface area contributed by atoms with Crippen molar-refractivity contribution in [1.29, 1.82) is 0 Å². The molecule has 92 valence electrons. The van der Waals surface area contributed by atoms with Crippen molar-refractivity contribution in [3.63, 3.8) is 0 Å². The summed E-state index contributed by atoms with van der Waals surface area (Å²) in [6, 6.07) is 5.10. The Morgan fingerprint density at radius 3 is 2.29 bits per heavy atom. The maximum Gasteiger partial charge on any atom is 0.416 e. The van der Waals surface area contributed by atoms with Crippen LogP contribution in [0.4, 0.5) is 18.0 Å². The zero-order valence-electron chi connectivity index (χ0n) is 8.84. The lowest BCUT2D eigenvalue weighted by atomic mass is 9.93. The van der Waals surface area contributed by atoms with Gasteiger partial charge in [-0.2, -0.15) is 13.2 Å². The van der Waals surface area contributed by atoms with E-state index in [0.717, 1.165) is 6.07 Å². The van der Waals surface area contributed by atoms with E-state index in [4.69, 9.17) is 0 Å². The van der Waals surface area contributed by atoms with Gasteiger partial charge in [-0.1, -0.05) is 18.2 Å². The van der Waals surface area contributed by atoms with Gasteiger partial charge in [0.15, 0.2) is 0 Å². The Bertz CT molecular complexity index is 421. The van der Waals surface area contributed by atoms with Crippen LogP contribution < -0.4 is 10.6 Å². The van der Waals surface area contributed by atoms with E-state index >= 15 is 0 Å². The predicted octanol–water partition coefficient (Wildman–Crippen LogP) is 2.10. The maximum atomic E-state index is 12.8. The summed E-state index contributed by atoms with van der Waals surface area (Å²) in [5.74, 6) is -0.356. The number of hydrogen-bond donors (Lipinski definition) is 2. The van der Waals surface area contributed by atoms with Crippen molar-refractivity contribution in [2.24, 2.45) is 0 Å². The Balaban J connectivity index is 2.29. The molecule has 0 atom stereocenters. The first kappa shape index (κ1) is 11.8. The first-order chi connectivity index (χ1) is 7.98. The average molecular weight is 244 g/mol. The summed E-state index contributed by atoms with van der Waals surface area (Å²) in [6.45, 7) is 0.442. The number of amides is 2. The van der Waals surface area contributed by atoms with E-state index < -0.39 is 11.7 Å². The molecule has 1 heterocycles. The Hall–Kier alpha value is -1.72. The van der Waals surface area contributed by atoms with Crippen molar-refractivity contribution >= 4 is 6.03 Å². The summed E-state index contributed by atoms with van der Waals surface area (Å²) < 4.78 is 38.3. The van der Waals surface area contributed by atoms with Crippen LogP contribution in [0.1, 0.15) is 17.0 Å². The van der Waals surface area contributed by atoms with Gasteiger partial charge in [0.1, 0.15) is 0 Å². The van der Waals surface area contributed by atoms with Crippen LogP contribution in [-0.2, 0) is 6.18 Å². The monoisotopic (exact) mass is 244 g/mol. The summed E-state index contributed by atoms with van der Waals surface area (Å²) in [7, 11) is 0. The van der Waals surface area contributed by atoms with Crippen molar-refractivity contribution < 1.29 is 18.0 Å². The standard InChI is InChI=1S/C11H11F3N2O/c12-11(13,14)9-4-2-1-3-8(9)7-5-15-10(17)16-6-7/h1-4,7H,5-6H2,(H2,15,16,17). The first-order valence-electron chi connectivity index (χ1n) is 5.16. The minimum Gasteiger partial charge on any atom is -0.337 e. The normalized spacial score (nSPS) is 17.5. The SMILES string of the molecule is O=C1NCC(c2ccccc2C(F)(F)F)CN1. The molecule has 0 unspecified atom stereocenters. The lowest BCUT2D eigenvalue weighted by molar-refractivity contribution is -0.138. The molecule has 17 heavy (non-hydrogen) atoms. The highest BCUT2D eigenvalue weighted by Crippen LogP contribution is 2.35. The van der Waals surface area contributed by atoms with Gasteiger partial charge < -0.3 is 10.6 Å². The summed E-state index contributed by atoms with van der Waals surface area (Å²) in [4.78, 5) is 10.9. The Labute approximate surface area is 96.0 Å². The predicted molar refractivity (Wildman–Crippen MR) is 55.6 cm³/mol. The fraction of sp³-hybridized carbons (Fsp3) is 0.364. The molecular weight excluding hydrogens is 233 g/mol. The number of urea groups is 1. The summed E-state index contributed by atoms with van der Waals surface area (Å²) in [5, 5.41) is 4.98. The minimum atomic E-state index is -4.36. The summed E-state index contributed by atoms with van der Waals surface area (Å²) >= 11 is 0. The number of carbonyl (C=O) groups excluding carboxylic acids is 1. The molecule has 0 radical (unpaired) electrons. The topological polar surface area (TPSA) is 41.1 Å². The Morgan fingerprint density at radius 2 is 1.71 bits per heavy atom. The van der Waals surface area contributed by atoms with Gasteiger partial charge in [0.25, 0.3) is 0 Å². The molecule has 2 rings (SSSR count). The van der Waals surface area contributed by atoms with Crippen LogP contribution >= 0.6 is 0 Å². The van der Waals surface area contributed by atoms with Gasteiger partial charge in [0.05, 0.1) is 5.56 Å². The van der Waals surface area contributed by atoms with E-state index in [1.54, 1.807) is 6.07 Å². The fourth-order valence-electron chi connectivity index (χ4n) is 1.90. The minimum absolute atomic E-state index is 0.215. The van der Waals surface area contributed by atoms with Crippen LogP contribution in [0.15, 0.2) is 24.3 Å². The van der Waals surface area contributed by atoms with Gasteiger partial charge in [0, 0.05) is 19.0 Å². The number of hydrogen-bond acceptors (Lipinski definition) is 1. The fourth-order valence-corrected chi connectivity index (χ4v) is 1.90. The molecule has 1 aromatic carbocycles. The van der Waals surface area contributed by atoms with Gasteiger partial charge in [-0.25, -0.2) is 4.79 Å². The van der Waals surface area contributed by atoms with Gasteiger partial charge in [-0.3, -0.25) is 0 Å². The van der Waals surface area contributed by atoms with Crippen LogP contribution in [0.25, 0.3) is 0 Å². The van der Waals surface area contributed by atoms with E-state index in [9.17, 15) is 18.0 Å². The lowest BCUT2D eigenvalue weighted by Crippen LogP contribution is -2.47. The highest BCUT2D eigenvalue weighted by Gasteiger charge is 2.35. The van der Waals surface area contributed by atoms with E-state index in [-0.39, 0.29) is 30.6 Å². The molecule has 0 spiro atoms. The first-order valence-corrected chi connectivity index (χ1v) is 5.16. The molecule has 2 amide bonds. The van der Waals surface area contributed by atoms with Crippen molar-refractivity contribution in [3.8, 4) is 0 Å². The van der Waals surface area contributed by atoms with Gasteiger partial charge >= 0.3 is 12.2 Å².